The normalized spacial score (nSPS) is 14.6. The summed E-state index contributed by atoms with van der Waals surface area (Å²) in [5, 5.41) is 2.80. The average molecular weight is 446 g/mol. The molecule has 1 aliphatic heterocycles. The van der Waals surface area contributed by atoms with E-state index in [0.29, 0.717) is 30.1 Å². The van der Waals surface area contributed by atoms with Crippen LogP contribution in [0.1, 0.15) is 15.9 Å². The Hall–Kier alpha value is -2.38. The maximum absolute atomic E-state index is 12.9. The Labute approximate surface area is 173 Å². The minimum Gasteiger partial charge on any atom is -0.484 e. The van der Waals surface area contributed by atoms with E-state index < -0.39 is 0 Å². The average Bonchev–Trinajstić information content (AvgIpc) is 2.69. The zero-order valence-corrected chi connectivity index (χ0v) is 17.7. The van der Waals surface area contributed by atoms with Crippen LogP contribution in [0.5, 0.6) is 5.75 Å². The van der Waals surface area contributed by atoms with Crippen LogP contribution in [0.2, 0.25) is 0 Å². The van der Waals surface area contributed by atoms with Crippen molar-refractivity contribution in [2.45, 2.75) is 6.92 Å². The zero-order chi connectivity index (χ0) is 20.1. The lowest BCUT2D eigenvalue weighted by Gasteiger charge is -2.32. The van der Waals surface area contributed by atoms with Gasteiger partial charge in [-0.3, -0.25) is 9.59 Å². The van der Waals surface area contributed by atoms with Crippen molar-refractivity contribution in [3.63, 3.8) is 0 Å². The fourth-order valence-corrected chi connectivity index (χ4v) is 3.25. The van der Waals surface area contributed by atoms with Crippen molar-refractivity contribution in [1.29, 1.82) is 0 Å². The minimum absolute atomic E-state index is 0.0616. The smallest absolute Gasteiger partial charge is 0.262 e. The molecule has 0 atom stereocenters. The standard InChI is InChI=1S/C21H24BrN3O3/c1-15-13-16(7-8-18(15)22)28-14-20(26)23-19-6-4-3-5-17(19)21(27)25-11-9-24(2)10-12-25/h3-8,13H,9-12,14H2,1-2H3,(H,23,26). The Kier molecular flexibility index (Phi) is 6.70. The molecule has 2 amide bonds. The van der Waals surface area contributed by atoms with Crippen molar-refractivity contribution in [1.82, 2.24) is 9.80 Å². The van der Waals surface area contributed by atoms with Gasteiger partial charge in [0.15, 0.2) is 6.61 Å². The number of anilines is 1. The van der Waals surface area contributed by atoms with Gasteiger partial charge in [-0.2, -0.15) is 0 Å². The molecular formula is C21H24BrN3O3. The molecule has 0 aliphatic carbocycles. The molecule has 0 unspecified atom stereocenters. The molecule has 6 nitrogen and oxygen atoms in total. The van der Waals surface area contributed by atoms with Gasteiger partial charge in [0.25, 0.3) is 11.8 Å². The molecule has 0 bridgehead atoms. The summed E-state index contributed by atoms with van der Waals surface area (Å²) in [4.78, 5) is 29.3. The molecule has 7 heteroatoms. The molecule has 0 radical (unpaired) electrons. The summed E-state index contributed by atoms with van der Waals surface area (Å²) in [6.45, 7) is 4.89. The largest absolute Gasteiger partial charge is 0.484 e. The lowest BCUT2D eigenvalue weighted by Crippen LogP contribution is -2.47. The van der Waals surface area contributed by atoms with Crippen LogP contribution in [0.4, 0.5) is 5.69 Å². The molecule has 2 aromatic rings. The van der Waals surface area contributed by atoms with Crippen molar-refractivity contribution in [3.8, 4) is 5.75 Å². The van der Waals surface area contributed by atoms with Gasteiger partial charge in [-0.15, -0.1) is 0 Å². The summed E-state index contributed by atoms with van der Waals surface area (Å²) in [6.07, 6.45) is 0. The van der Waals surface area contributed by atoms with Crippen molar-refractivity contribution < 1.29 is 14.3 Å². The highest BCUT2D eigenvalue weighted by molar-refractivity contribution is 9.10. The first kappa shape index (κ1) is 20.4. The number of benzene rings is 2. The number of hydrogen-bond acceptors (Lipinski definition) is 4. The van der Waals surface area contributed by atoms with Crippen LogP contribution < -0.4 is 10.1 Å². The molecule has 1 aliphatic rings. The second kappa shape index (κ2) is 9.21. The fourth-order valence-electron chi connectivity index (χ4n) is 3.00. The van der Waals surface area contributed by atoms with Crippen molar-refractivity contribution in [2.75, 3.05) is 45.2 Å². The van der Waals surface area contributed by atoms with Crippen molar-refractivity contribution in [3.05, 3.63) is 58.1 Å². The quantitative estimate of drug-likeness (QED) is 0.767. The number of amides is 2. The predicted octanol–water partition coefficient (Wildman–Crippen LogP) is 3.16. The van der Waals surface area contributed by atoms with E-state index >= 15 is 0 Å². The number of ether oxygens (including phenoxy) is 1. The Morgan fingerprint density at radius 3 is 2.54 bits per heavy atom. The Balaban J connectivity index is 1.63. The van der Waals surface area contributed by atoms with Crippen molar-refractivity contribution in [2.24, 2.45) is 0 Å². The fraction of sp³-hybridized carbons (Fsp3) is 0.333. The van der Waals surface area contributed by atoms with Gasteiger partial charge in [-0.25, -0.2) is 0 Å². The number of para-hydroxylation sites is 1. The van der Waals surface area contributed by atoms with Crippen molar-refractivity contribution >= 4 is 33.4 Å². The first-order valence-corrected chi connectivity index (χ1v) is 9.99. The van der Waals surface area contributed by atoms with Gasteiger partial charge in [0.1, 0.15) is 5.75 Å². The van der Waals surface area contributed by atoms with Gasteiger partial charge in [0, 0.05) is 30.7 Å². The highest BCUT2D eigenvalue weighted by Crippen LogP contribution is 2.22. The summed E-state index contributed by atoms with van der Waals surface area (Å²) < 4.78 is 6.56. The lowest BCUT2D eigenvalue weighted by molar-refractivity contribution is -0.118. The van der Waals surface area contributed by atoms with Gasteiger partial charge in [-0.05, 0) is 49.9 Å². The summed E-state index contributed by atoms with van der Waals surface area (Å²) in [7, 11) is 2.04. The third-order valence-corrected chi connectivity index (χ3v) is 5.61. The summed E-state index contributed by atoms with van der Waals surface area (Å²) in [5.41, 5.74) is 2.04. The second-order valence-electron chi connectivity index (χ2n) is 6.89. The highest BCUT2D eigenvalue weighted by Gasteiger charge is 2.22. The van der Waals surface area contributed by atoms with Crippen LogP contribution in [0.25, 0.3) is 0 Å². The molecule has 1 N–H and O–H groups in total. The number of carbonyl (C=O) groups excluding carboxylic acids is 2. The first-order chi connectivity index (χ1) is 13.4. The minimum atomic E-state index is -0.306. The van der Waals surface area contributed by atoms with Gasteiger partial charge in [-0.1, -0.05) is 28.1 Å². The summed E-state index contributed by atoms with van der Waals surface area (Å²) >= 11 is 3.44. The number of piperazine rings is 1. The maximum Gasteiger partial charge on any atom is 0.262 e. The second-order valence-corrected chi connectivity index (χ2v) is 7.74. The maximum atomic E-state index is 12.9. The number of nitrogens with one attached hydrogen (secondary N) is 1. The van der Waals surface area contributed by atoms with Crippen LogP contribution in [-0.4, -0.2) is 61.4 Å². The number of aryl methyl sites for hydroxylation is 1. The van der Waals surface area contributed by atoms with E-state index in [9.17, 15) is 9.59 Å². The molecule has 0 aromatic heterocycles. The van der Waals surface area contributed by atoms with Crippen LogP contribution in [0, 0.1) is 6.92 Å². The Morgan fingerprint density at radius 2 is 1.82 bits per heavy atom. The number of nitrogens with zero attached hydrogens (tertiary/aromatic N) is 2. The van der Waals surface area contributed by atoms with E-state index in [2.05, 4.69) is 26.1 Å². The molecule has 1 saturated heterocycles. The number of hydrogen-bond donors (Lipinski definition) is 1. The number of likely N-dealkylation sites (N-methyl/N-ethyl adjacent to an activating group) is 1. The van der Waals surface area contributed by atoms with Gasteiger partial charge in [0.05, 0.1) is 11.3 Å². The van der Waals surface area contributed by atoms with E-state index in [1.807, 2.05) is 31.0 Å². The Bertz CT molecular complexity index is 864. The van der Waals surface area contributed by atoms with Crippen LogP contribution in [0.3, 0.4) is 0 Å². The first-order valence-electron chi connectivity index (χ1n) is 9.19. The lowest BCUT2D eigenvalue weighted by atomic mass is 10.1. The molecule has 0 spiro atoms. The van der Waals surface area contributed by atoms with E-state index in [0.717, 1.165) is 23.1 Å². The van der Waals surface area contributed by atoms with E-state index in [4.69, 9.17) is 4.74 Å². The number of carbonyl (C=O) groups is 2. The topological polar surface area (TPSA) is 61.9 Å². The molecular weight excluding hydrogens is 422 g/mol. The predicted molar refractivity (Wildman–Crippen MR) is 113 cm³/mol. The number of rotatable bonds is 5. The molecule has 1 fully saturated rings. The monoisotopic (exact) mass is 445 g/mol. The Morgan fingerprint density at radius 1 is 1.11 bits per heavy atom. The molecule has 3 rings (SSSR count). The third-order valence-electron chi connectivity index (χ3n) is 4.72. The van der Waals surface area contributed by atoms with Gasteiger partial charge >= 0.3 is 0 Å². The third kappa shape index (κ3) is 5.11. The molecule has 28 heavy (non-hydrogen) atoms. The van der Waals surface area contributed by atoms with Crippen LogP contribution >= 0.6 is 15.9 Å². The molecule has 2 aromatic carbocycles. The summed E-state index contributed by atoms with van der Waals surface area (Å²) in [6, 6.07) is 12.6. The highest BCUT2D eigenvalue weighted by atomic mass is 79.9. The van der Waals surface area contributed by atoms with Gasteiger partial charge < -0.3 is 19.9 Å². The van der Waals surface area contributed by atoms with E-state index in [1.54, 1.807) is 30.3 Å². The molecule has 1 heterocycles. The zero-order valence-electron chi connectivity index (χ0n) is 16.1. The van der Waals surface area contributed by atoms with E-state index in [1.165, 1.54) is 0 Å². The van der Waals surface area contributed by atoms with Crippen LogP contribution in [-0.2, 0) is 4.79 Å². The molecule has 148 valence electrons. The van der Waals surface area contributed by atoms with Crippen LogP contribution in [0.15, 0.2) is 46.9 Å². The number of halogens is 1. The van der Waals surface area contributed by atoms with Gasteiger partial charge in [0.2, 0.25) is 0 Å². The SMILES string of the molecule is Cc1cc(OCC(=O)Nc2ccccc2C(=O)N2CCN(C)CC2)ccc1Br. The molecule has 0 saturated carbocycles. The summed E-state index contributed by atoms with van der Waals surface area (Å²) in [5.74, 6) is 0.255. The van der Waals surface area contributed by atoms with E-state index in [-0.39, 0.29) is 18.4 Å².